The number of fused-ring (bicyclic) bond motifs is 5. The van der Waals surface area contributed by atoms with Crippen molar-refractivity contribution < 1.29 is 14.6 Å². The normalized spacial score (nSPS) is 42.8. The molecule has 182 valence electrons. The Morgan fingerprint density at radius 2 is 1.91 bits per heavy atom. The molecule has 3 nitrogen and oxygen atoms in total. The molecule has 0 aromatic rings. The minimum atomic E-state index is -0.127. The van der Waals surface area contributed by atoms with E-state index in [0.717, 1.165) is 42.4 Å². The molecular weight excluding hydrogens is 396 g/mol. The summed E-state index contributed by atoms with van der Waals surface area (Å²) in [6.07, 6.45) is 16.5. The molecule has 4 aliphatic carbocycles. The summed E-state index contributed by atoms with van der Waals surface area (Å²) in [5, 5.41) is 9.35. The van der Waals surface area contributed by atoms with Gasteiger partial charge in [-0.25, -0.2) is 0 Å². The van der Waals surface area contributed by atoms with E-state index >= 15 is 0 Å². The van der Waals surface area contributed by atoms with E-state index in [0.29, 0.717) is 23.4 Å². The van der Waals surface area contributed by atoms with Gasteiger partial charge in [0.05, 0.1) is 0 Å². The third kappa shape index (κ3) is 4.32. The van der Waals surface area contributed by atoms with E-state index in [4.69, 9.17) is 4.74 Å². The smallest absolute Gasteiger partial charge is 0.302 e. The number of rotatable bonds is 7. The molecule has 0 unspecified atom stereocenters. The molecular formula is C29H48O3. The molecule has 3 saturated carbocycles. The number of esters is 1. The Kier molecular flexibility index (Phi) is 7.16. The van der Waals surface area contributed by atoms with Crippen LogP contribution in [-0.4, -0.2) is 23.8 Å². The van der Waals surface area contributed by atoms with Crippen LogP contribution in [0.2, 0.25) is 0 Å². The van der Waals surface area contributed by atoms with Crippen LogP contribution in [0, 0.1) is 46.3 Å². The topological polar surface area (TPSA) is 46.5 Å². The van der Waals surface area contributed by atoms with Crippen LogP contribution in [0.15, 0.2) is 11.6 Å². The summed E-state index contributed by atoms with van der Waals surface area (Å²) in [7, 11) is 0. The number of hydrogen-bond donors (Lipinski definition) is 1. The minimum absolute atomic E-state index is 0.0995. The molecule has 3 heteroatoms. The second kappa shape index (κ2) is 9.43. The van der Waals surface area contributed by atoms with Crippen molar-refractivity contribution in [2.45, 2.75) is 111 Å². The number of ether oxygens (including phenoxy) is 1. The highest BCUT2D eigenvalue weighted by Gasteiger charge is 2.59. The fourth-order valence-corrected chi connectivity index (χ4v) is 9.02. The fourth-order valence-electron chi connectivity index (χ4n) is 9.02. The Morgan fingerprint density at radius 3 is 2.62 bits per heavy atom. The van der Waals surface area contributed by atoms with Crippen molar-refractivity contribution in [2.24, 2.45) is 46.3 Å². The predicted molar refractivity (Wildman–Crippen MR) is 130 cm³/mol. The zero-order chi connectivity index (χ0) is 23.1. The zero-order valence-corrected chi connectivity index (χ0v) is 21.4. The van der Waals surface area contributed by atoms with Crippen LogP contribution >= 0.6 is 0 Å². The summed E-state index contributed by atoms with van der Waals surface area (Å²) in [5.74, 6) is 4.54. The minimum Gasteiger partial charge on any atom is -0.462 e. The zero-order valence-electron chi connectivity index (χ0n) is 21.4. The van der Waals surface area contributed by atoms with Crippen LogP contribution < -0.4 is 0 Å². The molecule has 0 bridgehead atoms. The summed E-state index contributed by atoms with van der Waals surface area (Å²) in [5.41, 5.74) is 2.44. The lowest BCUT2D eigenvalue weighted by atomic mass is 9.47. The van der Waals surface area contributed by atoms with E-state index in [1.807, 2.05) is 0 Å². The van der Waals surface area contributed by atoms with Crippen molar-refractivity contribution in [3.05, 3.63) is 11.6 Å². The maximum Gasteiger partial charge on any atom is 0.302 e. The highest BCUT2D eigenvalue weighted by atomic mass is 16.5. The molecule has 0 aliphatic heterocycles. The molecule has 32 heavy (non-hydrogen) atoms. The average molecular weight is 445 g/mol. The Morgan fingerprint density at radius 1 is 1.12 bits per heavy atom. The van der Waals surface area contributed by atoms with E-state index in [2.05, 4.69) is 33.8 Å². The van der Waals surface area contributed by atoms with E-state index in [-0.39, 0.29) is 12.1 Å². The number of carbonyl (C=O) groups excluding carboxylic acids is 1. The first-order valence-electron chi connectivity index (χ1n) is 13.7. The van der Waals surface area contributed by atoms with Crippen molar-refractivity contribution in [1.29, 1.82) is 0 Å². The number of carbonyl (C=O) groups is 1. The van der Waals surface area contributed by atoms with Gasteiger partial charge in [0.1, 0.15) is 6.10 Å². The lowest BCUT2D eigenvalue weighted by molar-refractivity contribution is -0.148. The number of aliphatic hydroxyl groups excluding tert-OH is 1. The average Bonchev–Trinajstić information content (AvgIpc) is 3.10. The van der Waals surface area contributed by atoms with Gasteiger partial charge in [-0.1, -0.05) is 52.2 Å². The monoisotopic (exact) mass is 444 g/mol. The maximum absolute atomic E-state index is 11.5. The largest absolute Gasteiger partial charge is 0.462 e. The van der Waals surface area contributed by atoms with Gasteiger partial charge in [0.25, 0.3) is 0 Å². The third-order valence-corrected chi connectivity index (χ3v) is 10.8. The molecule has 0 aromatic carbocycles. The molecule has 0 aromatic heterocycles. The molecule has 0 saturated heterocycles. The SMILES string of the molecule is CC(=O)O[C@H]1CC[C@@]2(C)C(=CC[C@H]3[C@H]4CC[C@@H]([C@H](C)CCC[C@H](C)CO)[C@@]4(C)CC[C@@H]32)C1. The van der Waals surface area contributed by atoms with Gasteiger partial charge >= 0.3 is 5.97 Å². The lowest BCUT2D eigenvalue weighted by Crippen LogP contribution is -2.51. The van der Waals surface area contributed by atoms with Gasteiger partial charge in [0, 0.05) is 20.0 Å². The van der Waals surface area contributed by atoms with E-state index in [9.17, 15) is 9.90 Å². The summed E-state index contributed by atoms with van der Waals surface area (Å²) in [6.45, 7) is 11.8. The van der Waals surface area contributed by atoms with Gasteiger partial charge in [-0.05, 0) is 97.7 Å². The van der Waals surface area contributed by atoms with Crippen molar-refractivity contribution in [1.82, 2.24) is 0 Å². The molecule has 3 fully saturated rings. The van der Waals surface area contributed by atoms with Crippen LogP contribution in [0.5, 0.6) is 0 Å². The maximum atomic E-state index is 11.5. The molecule has 9 atom stereocenters. The molecule has 1 N–H and O–H groups in total. The Bertz CT molecular complexity index is 713. The van der Waals surface area contributed by atoms with E-state index in [1.54, 1.807) is 12.5 Å². The molecule has 0 heterocycles. The van der Waals surface area contributed by atoms with Gasteiger partial charge in [0.2, 0.25) is 0 Å². The molecule has 4 aliphatic rings. The van der Waals surface area contributed by atoms with Gasteiger partial charge in [0.15, 0.2) is 0 Å². The van der Waals surface area contributed by atoms with Gasteiger partial charge < -0.3 is 9.84 Å². The van der Waals surface area contributed by atoms with Crippen LogP contribution in [0.1, 0.15) is 105 Å². The van der Waals surface area contributed by atoms with Crippen LogP contribution in [0.3, 0.4) is 0 Å². The molecule has 0 radical (unpaired) electrons. The first-order valence-corrected chi connectivity index (χ1v) is 13.7. The first kappa shape index (κ1) is 24.3. The summed E-state index contributed by atoms with van der Waals surface area (Å²) < 4.78 is 5.61. The third-order valence-electron chi connectivity index (χ3n) is 10.8. The Balaban J connectivity index is 1.44. The fraction of sp³-hybridized carbons (Fsp3) is 0.897. The standard InChI is InChI=1S/C29H48O3/c1-19(18-30)7-6-8-20(2)25-11-12-26-24-10-9-22-17-23(32-21(3)31)13-15-28(22,4)27(24)14-16-29(25,26)5/h9,19-20,23-27,30H,6-8,10-18H2,1-5H3/t19-,20+,23-,24-,25-,26+,27-,28-,29+/m0/s1. The highest BCUT2D eigenvalue weighted by molar-refractivity contribution is 5.66. The van der Waals surface area contributed by atoms with Crippen molar-refractivity contribution in [3.63, 3.8) is 0 Å². The van der Waals surface area contributed by atoms with E-state index in [1.165, 1.54) is 57.8 Å². The molecule has 4 rings (SSSR count). The van der Waals surface area contributed by atoms with Crippen molar-refractivity contribution >= 4 is 5.97 Å². The lowest BCUT2D eigenvalue weighted by Gasteiger charge is -2.58. The second-order valence-electron chi connectivity index (χ2n) is 12.7. The van der Waals surface area contributed by atoms with Gasteiger partial charge in [-0.3, -0.25) is 4.79 Å². The predicted octanol–water partition coefficient (Wildman–Crippen LogP) is 6.93. The summed E-state index contributed by atoms with van der Waals surface area (Å²) >= 11 is 0. The van der Waals surface area contributed by atoms with Gasteiger partial charge in [-0.2, -0.15) is 0 Å². The van der Waals surface area contributed by atoms with Crippen LogP contribution in [0.25, 0.3) is 0 Å². The van der Waals surface area contributed by atoms with Gasteiger partial charge in [-0.15, -0.1) is 0 Å². The first-order chi connectivity index (χ1) is 15.2. The number of aliphatic hydroxyl groups is 1. The van der Waals surface area contributed by atoms with Crippen LogP contribution in [-0.2, 0) is 9.53 Å². The molecule has 0 amide bonds. The van der Waals surface area contributed by atoms with Crippen LogP contribution in [0.4, 0.5) is 0 Å². The molecule has 0 spiro atoms. The second-order valence-corrected chi connectivity index (χ2v) is 12.7. The quantitative estimate of drug-likeness (QED) is 0.342. The number of allylic oxidation sites excluding steroid dienone is 1. The highest BCUT2D eigenvalue weighted by Crippen LogP contribution is 2.67. The number of hydrogen-bond acceptors (Lipinski definition) is 3. The van der Waals surface area contributed by atoms with E-state index < -0.39 is 0 Å². The summed E-state index contributed by atoms with van der Waals surface area (Å²) in [6, 6.07) is 0. The summed E-state index contributed by atoms with van der Waals surface area (Å²) in [4.78, 5) is 11.5. The van der Waals surface area contributed by atoms with Crippen molar-refractivity contribution in [3.8, 4) is 0 Å². The Hall–Kier alpha value is -0.830. The van der Waals surface area contributed by atoms with Crippen molar-refractivity contribution in [2.75, 3.05) is 6.61 Å². The Labute approximate surface area is 196 Å².